The first kappa shape index (κ1) is 18.9. The number of benzene rings is 1. The Balaban J connectivity index is 0.00000361. The van der Waals surface area contributed by atoms with E-state index < -0.39 is 10.0 Å². The zero-order chi connectivity index (χ0) is 14.5. The highest BCUT2D eigenvalue weighted by Gasteiger charge is 2.05. The number of rotatable bonds is 6. The first-order valence-corrected chi connectivity index (χ1v) is 7.74. The fourth-order valence-electron chi connectivity index (χ4n) is 1.42. The number of anilines is 1. The molecule has 0 aliphatic rings. The zero-order valence-electron chi connectivity index (χ0n) is 11.4. The molecule has 0 heterocycles. The molecule has 0 bridgehead atoms. The SMILES string of the molecule is CC(N)CC(=O)Nc1ccc(CNS(C)(=O)=O)cc1.Cl. The van der Waals surface area contributed by atoms with E-state index in [0.717, 1.165) is 11.8 Å². The van der Waals surface area contributed by atoms with E-state index >= 15 is 0 Å². The summed E-state index contributed by atoms with van der Waals surface area (Å²) in [4.78, 5) is 11.5. The summed E-state index contributed by atoms with van der Waals surface area (Å²) in [6.07, 6.45) is 1.37. The standard InChI is InChI=1S/C12H19N3O3S.ClH/c1-9(13)7-12(16)15-11-5-3-10(4-6-11)8-14-19(2,17)18;/h3-6,9,14H,7-8,13H2,1-2H3,(H,15,16);1H. The average Bonchev–Trinajstić information content (AvgIpc) is 2.26. The summed E-state index contributed by atoms with van der Waals surface area (Å²) < 4.78 is 24.3. The first-order chi connectivity index (χ1) is 8.76. The molecule has 1 aromatic rings. The van der Waals surface area contributed by atoms with Gasteiger partial charge in [0.25, 0.3) is 0 Å². The van der Waals surface area contributed by atoms with Gasteiger partial charge in [0.2, 0.25) is 15.9 Å². The Labute approximate surface area is 125 Å². The highest BCUT2D eigenvalue weighted by molar-refractivity contribution is 7.88. The smallest absolute Gasteiger partial charge is 0.225 e. The van der Waals surface area contributed by atoms with Gasteiger partial charge in [0, 0.05) is 24.7 Å². The van der Waals surface area contributed by atoms with Crippen molar-refractivity contribution in [1.82, 2.24) is 4.72 Å². The maximum atomic E-state index is 11.5. The molecule has 0 saturated carbocycles. The van der Waals surface area contributed by atoms with Gasteiger partial charge in [0.15, 0.2) is 0 Å². The normalized spacial score (nSPS) is 12.3. The van der Waals surface area contributed by atoms with Crippen molar-refractivity contribution in [2.75, 3.05) is 11.6 Å². The van der Waals surface area contributed by atoms with E-state index in [4.69, 9.17) is 5.73 Å². The third-order valence-electron chi connectivity index (χ3n) is 2.28. The van der Waals surface area contributed by atoms with Crippen molar-refractivity contribution in [3.8, 4) is 0 Å². The molecule has 0 fully saturated rings. The molecule has 1 unspecified atom stereocenters. The molecule has 0 aliphatic carbocycles. The van der Waals surface area contributed by atoms with Crippen LogP contribution in [0.15, 0.2) is 24.3 Å². The van der Waals surface area contributed by atoms with Crippen LogP contribution in [0.3, 0.4) is 0 Å². The lowest BCUT2D eigenvalue weighted by atomic mass is 10.2. The molecule has 8 heteroatoms. The third-order valence-corrected chi connectivity index (χ3v) is 2.95. The van der Waals surface area contributed by atoms with Crippen LogP contribution in [-0.4, -0.2) is 26.6 Å². The second kappa shape index (κ2) is 8.21. The quantitative estimate of drug-likeness (QED) is 0.722. The predicted octanol–water partition coefficient (Wildman–Crippen LogP) is 0.833. The fraction of sp³-hybridized carbons (Fsp3) is 0.417. The topological polar surface area (TPSA) is 101 Å². The summed E-state index contributed by atoms with van der Waals surface area (Å²) in [5.41, 5.74) is 7.00. The summed E-state index contributed by atoms with van der Waals surface area (Å²) in [6, 6.07) is 6.76. The van der Waals surface area contributed by atoms with E-state index in [1.807, 2.05) is 0 Å². The Morgan fingerprint density at radius 1 is 1.30 bits per heavy atom. The van der Waals surface area contributed by atoms with Crippen molar-refractivity contribution in [1.29, 1.82) is 0 Å². The molecule has 1 rings (SSSR count). The third kappa shape index (κ3) is 8.11. The van der Waals surface area contributed by atoms with E-state index in [1.165, 1.54) is 0 Å². The van der Waals surface area contributed by atoms with Crippen LogP contribution in [0.2, 0.25) is 0 Å². The van der Waals surface area contributed by atoms with Crippen LogP contribution in [-0.2, 0) is 21.4 Å². The van der Waals surface area contributed by atoms with Crippen LogP contribution in [0.5, 0.6) is 0 Å². The molecule has 0 saturated heterocycles. The number of hydrogen-bond donors (Lipinski definition) is 3. The minimum absolute atomic E-state index is 0. The van der Waals surface area contributed by atoms with Gasteiger partial charge in [-0.3, -0.25) is 4.79 Å². The minimum atomic E-state index is -3.20. The lowest BCUT2D eigenvalue weighted by molar-refractivity contribution is -0.116. The summed E-state index contributed by atoms with van der Waals surface area (Å²) in [5.74, 6) is -0.142. The van der Waals surface area contributed by atoms with Crippen LogP contribution in [0.4, 0.5) is 5.69 Å². The van der Waals surface area contributed by atoms with Gasteiger partial charge in [-0.1, -0.05) is 12.1 Å². The molecule has 4 N–H and O–H groups in total. The van der Waals surface area contributed by atoms with Crippen LogP contribution < -0.4 is 15.8 Å². The van der Waals surface area contributed by atoms with Gasteiger partial charge in [0.1, 0.15) is 0 Å². The lowest BCUT2D eigenvalue weighted by Crippen LogP contribution is -2.24. The minimum Gasteiger partial charge on any atom is -0.327 e. The summed E-state index contributed by atoms with van der Waals surface area (Å²) in [7, 11) is -3.20. The van der Waals surface area contributed by atoms with Crippen molar-refractivity contribution in [3.63, 3.8) is 0 Å². The monoisotopic (exact) mass is 321 g/mol. The molecule has 114 valence electrons. The molecule has 6 nitrogen and oxygen atoms in total. The fourth-order valence-corrected chi connectivity index (χ4v) is 1.85. The van der Waals surface area contributed by atoms with Crippen molar-refractivity contribution in [2.24, 2.45) is 5.73 Å². The van der Waals surface area contributed by atoms with E-state index in [0.29, 0.717) is 5.69 Å². The van der Waals surface area contributed by atoms with Crippen LogP contribution in [0.1, 0.15) is 18.9 Å². The molecular weight excluding hydrogens is 302 g/mol. The lowest BCUT2D eigenvalue weighted by Gasteiger charge is -2.08. The molecule has 0 aromatic heterocycles. The number of amides is 1. The highest BCUT2D eigenvalue weighted by atomic mass is 35.5. The first-order valence-electron chi connectivity index (χ1n) is 5.85. The Kier molecular flexibility index (Phi) is 7.74. The van der Waals surface area contributed by atoms with Crippen molar-refractivity contribution >= 4 is 34.0 Å². The average molecular weight is 322 g/mol. The Hall–Kier alpha value is -1.15. The van der Waals surface area contributed by atoms with E-state index in [1.54, 1.807) is 31.2 Å². The molecule has 0 spiro atoms. The Morgan fingerprint density at radius 2 is 1.85 bits per heavy atom. The largest absolute Gasteiger partial charge is 0.327 e. The predicted molar refractivity (Wildman–Crippen MR) is 82.3 cm³/mol. The van der Waals surface area contributed by atoms with Crippen molar-refractivity contribution in [2.45, 2.75) is 25.9 Å². The molecule has 0 aliphatic heterocycles. The maximum absolute atomic E-state index is 11.5. The maximum Gasteiger partial charge on any atom is 0.225 e. The van der Waals surface area contributed by atoms with Gasteiger partial charge in [0.05, 0.1) is 6.26 Å². The van der Waals surface area contributed by atoms with Gasteiger partial charge in [-0.15, -0.1) is 12.4 Å². The number of nitrogens with two attached hydrogens (primary N) is 1. The van der Waals surface area contributed by atoms with Gasteiger partial charge < -0.3 is 11.1 Å². The number of hydrogen-bond acceptors (Lipinski definition) is 4. The van der Waals surface area contributed by atoms with Crippen molar-refractivity contribution in [3.05, 3.63) is 29.8 Å². The van der Waals surface area contributed by atoms with Crippen LogP contribution in [0, 0.1) is 0 Å². The number of sulfonamides is 1. The van der Waals surface area contributed by atoms with Crippen LogP contribution in [0.25, 0.3) is 0 Å². The van der Waals surface area contributed by atoms with E-state index in [2.05, 4.69) is 10.0 Å². The Bertz CT molecular complexity index is 529. The second-order valence-corrected chi connectivity index (χ2v) is 6.35. The van der Waals surface area contributed by atoms with Crippen molar-refractivity contribution < 1.29 is 13.2 Å². The van der Waals surface area contributed by atoms with Gasteiger partial charge in [-0.2, -0.15) is 0 Å². The summed E-state index contributed by atoms with van der Waals surface area (Å²) in [6.45, 7) is 1.99. The number of nitrogens with one attached hydrogen (secondary N) is 2. The summed E-state index contributed by atoms with van der Waals surface area (Å²) >= 11 is 0. The highest BCUT2D eigenvalue weighted by Crippen LogP contribution is 2.10. The Morgan fingerprint density at radius 3 is 2.30 bits per heavy atom. The number of halogens is 1. The molecule has 1 amide bonds. The molecule has 20 heavy (non-hydrogen) atoms. The molecular formula is C12H20ClN3O3S. The zero-order valence-corrected chi connectivity index (χ0v) is 13.1. The second-order valence-electron chi connectivity index (χ2n) is 4.52. The van der Waals surface area contributed by atoms with E-state index in [9.17, 15) is 13.2 Å². The van der Waals surface area contributed by atoms with Gasteiger partial charge >= 0.3 is 0 Å². The molecule has 1 aromatic carbocycles. The van der Waals surface area contributed by atoms with Crippen LogP contribution >= 0.6 is 12.4 Å². The molecule has 1 atom stereocenters. The summed E-state index contributed by atoms with van der Waals surface area (Å²) in [5, 5.41) is 2.72. The van der Waals surface area contributed by atoms with E-state index in [-0.39, 0.29) is 37.3 Å². The number of carbonyl (C=O) groups excluding carboxylic acids is 1. The van der Waals surface area contributed by atoms with Gasteiger partial charge in [-0.05, 0) is 24.6 Å². The van der Waals surface area contributed by atoms with Gasteiger partial charge in [-0.25, -0.2) is 13.1 Å². The molecule has 0 radical (unpaired) electrons. The number of carbonyl (C=O) groups is 1.